The molecule has 3 saturated heterocycles. The van der Waals surface area contributed by atoms with E-state index in [-0.39, 0.29) is 0 Å². The molecule has 4 heteroatoms. The highest BCUT2D eigenvalue weighted by molar-refractivity contribution is 5.44. The molecular formula is C21H34N4. The second kappa shape index (κ2) is 6.24. The highest BCUT2D eigenvalue weighted by Gasteiger charge is 2.52. The number of piperidine rings is 1. The van der Waals surface area contributed by atoms with Crippen LogP contribution < -0.4 is 4.90 Å². The van der Waals surface area contributed by atoms with Crippen molar-refractivity contribution < 1.29 is 0 Å². The highest BCUT2D eigenvalue weighted by Crippen LogP contribution is 2.42. The van der Waals surface area contributed by atoms with Gasteiger partial charge in [-0.05, 0) is 71.2 Å². The van der Waals surface area contributed by atoms with Crippen LogP contribution in [0.2, 0.25) is 0 Å². The van der Waals surface area contributed by atoms with Crippen molar-refractivity contribution in [2.75, 3.05) is 50.7 Å². The molecule has 3 aliphatic rings. The van der Waals surface area contributed by atoms with Crippen molar-refractivity contribution in [3.63, 3.8) is 0 Å². The van der Waals surface area contributed by atoms with Crippen molar-refractivity contribution >= 4 is 5.82 Å². The topological polar surface area (TPSA) is 22.6 Å². The molecule has 0 amide bonds. The number of anilines is 1. The van der Waals surface area contributed by atoms with Crippen LogP contribution in [0.15, 0.2) is 18.3 Å². The van der Waals surface area contributed by atoms with Crippen molar-refractivity contribution in [1.29, 1.82) is 0 Å². The first-order valence-electron chi connectivity index (χ1n) is 9.98. The maximum atomic E-state index is 4.57. The molecule has 0 N–H and O–H groups in total. The third kappa shape index (κ3) is 3.56. The number of likely N-dealkylation sites (tertiary alicyclic amines) is 2. The van der Waals surface area contributed by atoms with Gasteiger partial charge in [-0.15, -0.1) is 0 Å². The first-order chi connectivity index (χ1) is 11.8. The normalized spacial score (nSPS) is 25.0. The van der Waals surface area contributed by atoms with E-state index in [2.05, 4.69) is 59.5 Å². The summed E-state index contributed by atoms with van der Waals surface area (Å²) in [5.41, 5.74) is 2.15. The molecule has 3 fully saturated rings. The Morgan fingerprint density at radius 1 is 1.08 bits per heavy atom. The van der Waals surface area contributed by atoms with Crippen molar-refractivity contribution in [1.82, 2.24) is 14.8 Å². The molecule has 25 heavy (non-hydrogen) atoms. The predicted octanol–water partition coefficient (Wildman–Crippen LogP) is 3.02. The molecule has 0 unspecified atom stereocenters. The lowest BCUT2D eigenvalue weighted by Gasteiger charge is -2.61. The molecule has 4 rings (SSSR count). The number of pyridine rings is 1. The van der Waals surface area contributed by atoms with Crippen molar-refractivity contribution in [2.45, 2.75) is 46.1 Å². The van der Waals surface area contributed by atoms with Crippen LogP contribution in [0.3, 0.4) is 0 Å². The van der Waals surface area contributed by atoms with Gasteiger partial charge in [-0.1, -0.05) is 6.07 Å². The van der Waals surface area contributed by atoms with Crippen molar-refractivity contribution in [3.8, 4) is 0 Å². The molecule has 0 saturated carbocycles. The molecule has 0 aliphatic carbocycles. The zero-order valence-electron chi connectivity index (χ0n) is 16.5. The summed E-state index contributed by atoms with van der Waals surface area (Å²) in [6.07, 6.45) is 4.73. The van der Waals surface area contributed by atoms with Crippen LogP contribution in [0, 0.1) is 18.3 Å². The van der Waals surface area contributed by atoms with Gasteiger partial charge in [-0.2, -0.15) is 0 Å². The molecule has 0 radical (unpaired) electrons. The van der Waals surface area contributed by atoms with Gasteiger partial charge in [-0.25, -0.2) is 4.98 Å². The van der Waals surface area contributed by atoms with Crippen molar-refractivity contribution in [3.05, 3.63) is 23.9 Å². The second-order valence-electron chi connectivity index (χ2n) is 9.82. The lowest BCUT2D eigenvalue weighted by molar-refractivity contribution is -0.0387. The molecule has 138 valence electrons. The SMILES string of the molecule is Cc1ccc(N2CC3(CN(CC4CCN(C(C)(C)C)CC4)C3)C2)nc1. The average Bonchev–Trinajstić information content (AvgIpc) is 2.49. The van der Waals surface area contributed by atoms with E-state index < -0.39 is 0 Å². The third-order valence-electron chi connectivity index (χ3n) is 6.47. The van der Waals surface area contributed by atoms with E-state index in [4.69, 9.17) is 0 Å². The van der Waals surface area contributed by atoms with Crippen LogP contribution in [-0.4, -0.2) is 66.1 Å². The zero-order valence-corrected chi connectivity index (χ0v) is 16.5. The Morgan fingerprint density at radius 2 is 1.76 bits per heavy atom. The van der Waals surface area contributed by atoms with E-state index in [1.54, 1.807) is 0 Å². The monoisotopic (exact) mass is 342 g/mol. The molecule has 0 aromatic carbocycles. The minimum Gasteiger partial charge on any atom is -0.355 e. The number of hydrogen-bond donors (Lipinski definition) is 0. The maximum Gasteiger partial charge on any atom is 0.128 e. The van der Waals surface area contributed by atoms with Gasteiger partial charge in [0.15, 0.2) is 0 Å². The zero-order chi connectivity index (χ0) is 17.7. The van der Waals surface area contributed by atoms with Crippen LogP contribution in [-0.2, 0) is 0 Å². The number of rotatable bonds is 3. The predicted molar refractivity (Wildman–Crippen MR) is 104 cm³/mol. The summed E-state index contributed by atoms with van der Waals surface area (Å²) in [6.45, 7) is 18.0. The van der Waals surface area contributed by atoms with E-state index in [1.807, 2.05) is 6.20 Å². The summed E-state index contributed by atoms with van der Waals surface area (Å²) in [5, 5.41) is 0. The molecular weight excluding hydrogens is 308 g/mol. The summed E-state index contributed by atoms with van der Waals surface area (Å²) < 4.78 is 0. The first-order valence-corrected chi connectivity index (χ1v) is 9.98. The Balaban J connectivity index is 1.19. The minimum absolute atomic E-state index is 0.338. The number of aryl methyl sites for hydroxylation is 1. The summed E-state index contributed by atoms with van der Waals surface area (Å²) in [5.74, 6) is 2.06. The second-order valence-corrected chi connectivity index (χ2v) is 9.82. The Morgan fingerprint density at radius 3 is 2.32 bits per heavy atom. The van der Waals surface area contributed by atoms with E-state index in [9.17, 15) is 0 Å². The average molecular weight is 343 g/mol. The van der Waals surface area contributed by atoms with Gasteiger partial charge in [0.1, 0.15) is 5.82 Å². The van der Waals surface area contributed by atoms with Gasteiger partial charge in [0, 0.05) is 49.9 Å². The molecule has 0 atom stereocenters. The van der Waals surface area contributed by atoms with Crippen molar-refractivity contribution in [2.24, 2.45) is 11.3 Å². The van der Waals surface area contributed by atoms with Gasteiger partial charge < -0.3 is 9.80 Å². The fourth-order valence-electron chi connectivity index (χ4n) is 4.96. The van der Waals surface area contributed by atoms with Crippen LogP contribution in [0.5, 0.6) is 0 Å². The van der Waals surface area contributed by atoms with Crippen LogP contribution >= 0.6 is 0 Å². The summed E-state index contributed by atoms with van der Waals surface area (Å²) >= 11 is 0. The van der Waals surface area contributed by atoms with Gasteiger partial charge in [0.05, 0.1) is 0 Å². The number of hydrogen-bond acceptors (Lipinski definition) is 4. The third-order valence-corrected chi connectivity index (χ3v) is 6.47. The Bertz CT molecular complexity index is 581. The molecule has 1 spiro atoms. The molecule has 4 nitrogen and oxygen atoms in total. The fourth-order valence-corrected chi connectivity index (χ4v) is 4.96. The van der Waals surface area contributed by atoms with E-state index in [0.717, 1.165) is 11.7 Å². The quantitative estimate of drug-likeness (QED) is 0.842. The summed E-state index contributed by atoms with van der Waals surface area (Å²) in [6, 6.07) is 4.34. The summed E-state index contributed by atoms with van der Waals surface area (Å²) in [4.78, 5) is 12.4. The van der Waals surface area contributed by atoms with E-state index in [1.165, 1.54) is 64.2 Å². The smallest absolute Gasteiger partial charge is 0.128 e. The lowest BCUT2D eigenvalue weighted by Crippen LogP contribution is -2.72. The molecule has 3 aliphatic heterocycles. The van der Waals surface area contributed by atoms with Gasteiger partial charge in [-0.3, -0.25) is 4.90 Å². The van der Waals surface area contributed by atoms with E-state index in [0.29, 0.717) is 11.0 Å². The molecule has 1 aromatic heterocycles. The number of aromatic nitrogens is 1. The van der Waals surface area contributed by atoms with Crippen LogP contribution in [0.1, 0.15) is 39.2 Å². The molecule has 0 bridgehead atoms. The molecule has 1 aromatic rings. The van der Waals surface area contributed by atoms with Gasteiger partial charge >= 0.3 is 0 Å². The van der Waals surface area contributed by atoms with Crippen LogP contribution in [0.25, 0.3) is 0 Å². The Hall–Kier alpha value is -1.13. The minimum atomic E-state index is 0.338. The highest BCUT2D eigenvalue weighted by atomic mass is 15.3. The first kappa shape index (κ1) is 17.3. The van der Waals surface area contributed by atoms with E-state index >= 15 is 0 Å². The maximum absolute atomic E-state index is 4.57. The molecule has 4 heterocycles. The fraction of sp³-hybridized carbons (Fsp3) is 0.762. The Kier molecular flexibility index (Phi) is 4.32. The summed E-state index contributed by atoms with van der Waals surface area (Å²) in [7, 11) is 0. The number of nitrogens with zero attached hydrogens (tertiary/aromatic N) is 4. The lowest BCUT2D eigenvalue weighted by atomic mass is 9.72. The Labute approximate surface area is 153 Å². The van der Waals surface area contributed by atoms with Gasteiger partial charge in [0.25, 0.3) is 0 Å². The van der Waals surface area contributed by atoms with Gasteiger partial charge in [0.2, 0.25) is 0 Å². The largest absolute Gasteiger partial charge is 0.355 e. The van der Waals surface area contributed by atoms with Crippen LogP contribution in [0.4, 0.5) is 5.82 Å². The standard InChI is InChI=1S/C21H34N4/c1-17-5-6-19(22-11-17)24-15-21(16-24)13-23(14-21)12-18-7-9-25(10-8-18)20(2,3)4/h5-6,11,18H,7-10,12-16H2,1-4H3.